The van der Waals surface area contributed by atoms with Gasteiger partial charge in [-0.1, -0.05) is 0 Å². The number of carbonyl (C=O) groups excluding carboxylic acids is 1. The fourth-order valence-corrected chi connectivity index (χ4v) is 1.79. The van der Waals surface area contributed by atoms with Gasteiger partial charge in [0.2, 0.25) is 22.4 Å². The molecule has 1 aromatic heterocycles. The molecule has 0 radical (unpaired) electrons. The molecule has 1 rings (SSSR count). The van der Waals surface area contributed by atoms with Crippen molar-refractivity contribution in [2.24, 2.45) is 0 Å². The van der Waals surface area contributed by atoms with E-state index in [1.165, 1.54) is 0 Å². The number of hydrogen-bond donors (Lipinski definition) is 0. The van der Waals surface area contributed by atoms with Gasteiger partial charge in [-0.2, -0.15) is 15.0 Å². The zero-order valence-electron chi connectivity index (χ0n) is 10.5. The lowest BCUT2D eigenvalue weighted by atomic mass is 10.4. The molecule has 18 heavy (non-hydrogen) atoms. The van der Waals surface area contributed by atoms with Crippen LogP contribution < -0.4 is 4.90 Å². The summed E-state index contributed by atoms with van der Waals surface area (Å²) in [4.78, 5) is 26.7. The van der Waals surface area contributed by atoms with Gasteiger partial charge in [-0.25, -0.2) is 0 Å². The third-order valence-electron chi connectivity index (χ3n) is 2.40. The SMILES string of the molecule is CCN(CC)C(=O)CN(C)c1nc(Cl)nc(Cl)n1. The van der Waals surface area contributed by atoms with E-state index < -0.39 is 0 Å². The van der Waals surface area contributed by atoms with Gasteiger partial charge >= 0.3 is 0 Å². The van der Waals surface area contributed by atoms with Crippen LogP contribution in [-0.4, -0.2) is 52.4 Å². The van der Waals surface area contributed by atoms with E-state index in [0.717, 1.165) is 0 Å². The fourth-order valence-electron chi connectivity index (χ4n) is 1.44. The number of halogens is 2. The zero-order chi connectivity index (χ0) is 13.7. The standard InChI is InChI=1S/C10H15Cl2N5O/c1-4-17(5-2)7(18)6-16(3)10-14-8(11)13-9(12)15-10/h4-6H2,1-3H3. The van der Waals surface area contributed by atoms with Crippen LogP contribution in [0.1, 0.15) is 13.8 Å². The maximum absolute atomic E-state index is 11.9. The maximum Gasteiger partial charge on any atom is 0.242 e. The second-order valence-electron chi connectivity index (χ2n) is 3.60. The minimum absolute atomic E-state index is 0.00448. The largest absolute Gasteiger partial charge is 0.342 e. The Morgan fingerprint density at radius 1 is 1.11 bits per heavy atom. The minimum Gasteiger partial charge on any atom is -0.342 e. The Hall–Kier alpha value is -1.14. The van der Waals surface area contributed by atoms with Crippen LogP contribution in [0.5, 0.6) is 0 Å². The number of carbonyl (C=O) groups is 1. The summed E-state index contributed by atoms with van der Waals surface area (Å²) in [5.41, 5.74) is 0. The van der Waals surface area contributed by atoms with E-state index in [1.807, 2.05) is 13.8 Å². The van der Waals surface area contributed by atoms with Gasteiger partial charge in [0.25, 0.3) is 0 Å². The lowest BCUT2D eigenvalue weighted by Crippen LogP contribution is -2.39. The van der Waals surface area contributed by atoms with Crippen molar-refractivity contribution in [2.75, 3.05) is 31.6 Å². The summed E-state index contributed by atoms with van der Waals surface area (Å²) >= 11 is 11.4. The van der Waals surface area contributed by atoms with E-state index in [2.05, 4.69) is 15.0 Å². The van der Waals surface area contributed by atoms with E-state index in [1.54, 1.807) is 16.8 Å². The van der Waals surface area contributed by atoms with E-state index >= 15 is 0 Å². The topological polar surface area (TPSA) is 62.2 Å². The van der Waals surface area contributed by atoms with E-state index in [-0.39, 0.29) is 29.0 Å². The molecule has 8 heteroatoms. The lowest BCUT2D eigenvalue weighted by molar-refractivity contribution is -0.129. The van der Waals surface area contributed by atoms with Crippen LogP contribution in [0, 0.1) is 0 Å². The third-order valence-corrected chi connectivity index (χ3v) is 2.74. The molecule has 0 aromatic carbocycles. The molecular weight excluding hydrogens is 277 g/mol. The number of aromatic nitrogens is 3. The second-order valence-corrected chi connectivity index (χ2v) is 4.27. The van der Waals surface area contributed by atoms with Crippen molar-refractivity contribution >= 4 is 35.1 Å². The van der Waals surface area contributed by atoms with Gasteiger partial charge < -0.3 is 9.80 Å². The predicted molar refractivity (Wildman–Crippen MR) is 71.0 cm³/mol. The first-order chi connectivity index (χ1) is 8.47. The summed E-state index contributed by atoms with van der Waals surface area (Å²) in [6, 6.07) is 0. The molecule has 0 saturated heterocycles. The molecule has 0 unspecified atom stereocenters. The van der Waals surface area contributed by atoms with Crippen LogP contribution >= 0.6 is 23.2 Å². The average Bonchev–Trinajstić information content (AvgIpc) is 2.29. The number of anilines is 1. The number of nitrogens with zero attached hydrogens (tertiary/aromatic N) is 5. The number of amides is 1. The summed E-state index contributed by atoms with van der Waals surface area (Å²) in [5, 5.41) is 0.0132. The highest BCUT2D eigenvalue weighted by atomic mass is 35.5. The monoisotopic (exact) mass is 291 g/mol. The van der Waals surface area contributed by atoms with Crippen LogP contribution in [0.15, 0.2) is 0 Å². The molecule has 1 amide bonds. The highest BCUT2D eigenvalue weighted by Gasteiger charge is 2.15. The van der Waals surface area contributed by atoms with Crippen molar-refractivity contribution in [3.63, 3.8) is 0 Å². The Morgan fingerprint density at radius 3 is 2.06 bits per heavy atom. The zero-order valence-corrected chi connectivity index (χ0v) is 12.0. The second kappa shape index (κ2) is 6.70. The quantitative estimate of drug-likeness (QED) is 0.822. The average molecular weight is 292 g/mol. The molecule has 0 bridgehead atoms. The number of rotatable bonds is 5. The molecule has 1 aromatic rings. The van der Waals surface area contributed by atoms with Crippen LogP contribution in [0.2, 0.25) is 10.6 Å². The highest BCUT2D eigenvalue weighted by Crippen LogP contribution is 2.12. The molecule has 0 N–H and O–H groups in total. The molecule has 100 valence electrons. The number of likely N-dealkylation sites (N-methyl/N-ethyl adjacent to an activating group) is 2. The van der Waals surface area contributed by atoms with Gasteiger partial charge in [-0.3, -0.25) is 4.79 Å². The van der Waals surface area contributed by atoms with Gasteiger partial charge in [0.05, 0.1) is 6.54 Å². The summed E-state index contributed by atoms with van der Waals surface area (Å²) in [6.07, 6.45) is 0. The molecule has 6 nitrogen and oxygen atoms in total. The normalized spacial score (nSPS) is 10.3. The maximum atomic E-state index is 11.9. The van der Waals surface area contributed by atoms with Crippen LogP contribution in [0.25, 0.3) is 0 Å². The highest BCUT2D eigenvalue weighted by molar-refractivity contribution is 6.31. The predicted octanol–water partition coefficient (Wildman–Crippen LogP) is 1.48. The summed E-state index contributed by atoms with van der Waals surface area (Å²) in [7, 11) is 1.70. The molecular formula is C10H15Cl2N5O. The van der Waals surface area contributed by atoms with Crippen molar-refractivity contribution in [1.29, 1.82) is 0 Å². The molecule has 0 spiro atoms. The smallest absolute Gasteiger partial charge is 0.242 e. The van der Waals surface area contributed by atoms with E-state index in [9.17, 15) is 4.79 Å². The van der Waals surface area contributed by atoms with Gasteiger partial charge in [0, 0.05) is 20.1 Å². The fraction of sp³-hybridized carbons (Fsp3) is 0.600. The lowest BCUT2D eigenvalue weighted by Gasteiger charge is -2.23. The molecule has 0 saturated carbocycles. The Labute approximate surface area is 116 Å². The molecule has 1 heterocycles. The molecule has 0 aliphatic carbocycles. The molecule has 0 aliphatic heterocycles. The van der Waals surface area contributed by atoms with Crippen molar-refractivity contribution in [2.45, 2.75) is 13.8 Å². The van der Waals surface area contributed by atoms with Gasteiger partial charge in [-0.15, -0.1) is 0 Å². The molecule has 0 atom stereocenters. The van der Waals surface area contributed by atoms with Gasteiger partial charge in [-0.05, 0) is 37.0 Å². The van der Waals surface area contributed by atoms with Crippen LogP contribution in [-0.2, 0) is 4.79 Å². The number of hydrogen-bond acceptors (Lipinski definition) is 5. The first-order valence-corrected chi connectivity index (χ1v) is 6.29. The molecule has 0 fully saturated rings. The van der Waals surface area contributed by atoms with Crippen molar-refractivity contribution in [1.82, 2.24) is 19.9 Å². The Balaban J connectivity index is 2.75. The Bertz CT molecular complexity index is 404. The Morgan fingerprint density at radius 2 is 1.61 bits per heavy atom. The van der Waals surface area contributed by atoms with Gasteiger partial charge in [0.15, 0.2) is 0 Å². The van der Waals surface area contributed by atoms with Crippen molar-refractivity contribution < 1.29 is 4.79 Å². The first kappa shape index (κ1) is 14.9. The first-order valence-electron chi connectivity index (χ1n) is 5.53. The minimum atomic E-state index is -0.00448. The summed E-state index contributed by atoms with van der Waals surface area (Å²) in [6.45, 7) is 5.36. The summed E-state index contributed by atoms with van der Waals surface area (Å²) < 4.78 is 0. The van der Waals surface area contributed by atoms with E-state index in [4.69, 9.17) is 23.2 Å². The molecule has 0 aliphatic rings. The summed E-state index contributed by atoms with van der Waals surface area (Å²) in [5.74, 6) is 0.274. The van der Waals surface area contributed by atoms with Crippen LogP contribution in [0.4, 0.5) is 5.95 Å². The Kier molecular flexibility index (Phi) is 5.55. The van der Waals surface area contributed by atoms with Gasteiger partial charge in [0.1, 0.15) is 0 Å². The van der Waals surface area contributed by atoms with Crippen LogP contribution in [0.3, 0.4) is 0 Å². The van der Waals surface area contributed by atoms with Crippen molar-refractivity contribution in [3.05, 3.63) is 10.6 Å². The van der Waals surface area contributed by atoms with Crippen molar-refractivity contribution in [3.8, 4) is 0 Å². The van der Waals surface area contributed by atoms with E-state index in [0.29, 0.717) is 13.1 Å². The third kappa shape index (κ3) is 3.96.